The van der Waals surface area contributed by atoms with Gasteiger partial charge in [0.25, 0.3) is 0 Å². The number of guanidine groups is 1. The fourth-order valence-corrected chi connectivity index (χ4v) is 3.05. The molecule has 1 amide bonds. The molecule has 1 atom stereocenters. The van der Waals surface area contributed by atoms with Crippen molar-refractivity contribution in [2.24, 2.45) is 4.99 Å². The lowest BCUT2D eigenvalue weighted by Gasteiger charge is -2.28. The highest BCUT2D eigenvalue weighted by atomic mass is 35.5. The Morgan fingerprint density at radius 2 is 2.19 bits per heavy atom. The quantitative estimate of drug-likeness (QED) is 0.558. The second-order valence-electron chi connectivity index (χ2n) is 5.73. The van der Waals surface area contributed by atoms with Gasteiger partial charge in [0.05, 0.1) is 23.7 Å². The number of halogens is 1. The Kier molecular flexibility index (Phi) is 4.99. The number of aliphatic imine (C=N–C) groups is 1. The average molecular weight is 382 g/mol. The van der Waals surface area contributed by atoms with Crippen molar-refractivity contribution in [2.75, 3.05) is 13.2 Å². The van der Waals surface area contributed by atoms with Crippen LogP contribution in [0.1, 0.15) is 18.9 Å². The van der Waals surface area contributed by atoms with E-state index in [-0.39, 0.29) is 26.2 Å². The third-order valence-corrected chi connectivity index (χ3v) is 4.35. The number of carboxylic acids is 1. The first-order valence-electron chi connectivity index (χ1n) is 7.82. The van der Waals surface area contributed by atoms with E-state index in [1.54, 1.807) is 17.0 Å². The molecular formula is C16H16ClN3O6. The smallest absolute Gasteiger partial charge is 0.305 e. The Morgan fingerprint density at radius 1 is 1.42 bits per heavy atom. The minimum atomic E-state index is -1.08. The lowest BCUT2D eigenvalue weighted by Crippen LogP contribution is -2.38. The van der Waals surface area contributed by atoms with E-state index in [4.69, 9.17) is 26.2 Å². The summed E-state index contributed by atoms with van der Waals surface area (Å²) in [6.07, 6.45) is -0.337. The SMILES string of the molecule is CC(=O)OCCOc1ccc2c(c1Cl)CN1C(=N2)NC(=O)C1CC(=O)O. The maximum Gasteiger partial charge on any atom is 0.305 e. The Labute approximate surface area is 153 Å². The summed E-state index contributed by atoms with van der Waals surface area (Å²) >= 11 is 6.40. The molecule has 10 heteroatoms. The zero-order valence-corrected chi connectivity index (χ0v) is 14.6. The standard InChI is InChI=1S/C16H16ClN3O6/c1-8(21)25-4-5-26-12-3-2-10-9(14(12)17)7-20-11(6-13(22)23)15(24)19-16(20)18-10/h2-3,11H,4-7H2,1H3,(H,22,23)(H,18,19,24). The number of aliphatic carboxylic acids is 1. The molecule has 1 aromatic carbocycles. The molecule has 1 aromatic rings. The minimum absolute atomic E-state index is 0.0935. The minimum Gasteiger partial charge on any atom is -0.488 e. The third-order valence-electron chi connectivity index (χ3n) is 3.94. The molecule has 1 fully saturated rings. The molecule has 2 N–H and O–H groups in total. The van der Waals surface area contributed by atoms with Gasteiger partial charge in [0.2, 0.25) is 11.9 Å². The maximum absolute atomic E-state index is 12.0. The van der Waals surface area contributed by atoms with Crippen molar-refractivity contribution < 1.29 is 29.0 Å². The number of nitrogens with one attached hydrogen (secondary N) is 1. The van der Waals surface area contributed by atoms with E-state index in [2.05, 4.69) is 10.3 Å². The number of hydrogen-bond donors (Lipinski definition) is 2. The second kappa shape index (κ2) is 7.20. The molecule has 2 aliphatic heterocycles. The largest absolute Gasteiger partial charge is 0.488 e. The molecule has 3 rings (SSSR count). The number of ether oxygens (including phenoxy) is 2. The fourth-order valence-electron chi connectivity index (χ4n) is 2.78. The van der Waals surface area contributed by atoms with Crippen molar-refractivity contribution in [1.82, 2.24) is 10.2 Å². The number of rotatable bonds is 6. The normalized spacial score (nSPS) is 17.8. The highest BCUT2D eigenvalue weighted by molar-refractivity contribution is 6.33. The number of carbonyl (C=O) groups excluding carboxylic acids is 2. The average Bonchev–Trinajstić information content (AvgIpc) is 2.86. The van der Waals surface area contributed by atoms with Crippen molar-refractivity contribution >= 4 is 41.1 Å². The van der Waals surface area contributed by atoms with Crippen LogP contribution >= 0.6 is 11.6 Å². The highest BCUT2D eigenvalue weighted by Gasteiger charge is 2.40. The van der Waals surface area contributed by atoms with Gasteiger partial charge in [-0.15, -0.1) is 0 Å². The molecule has 26 heavy (non-hydrogen) atoms. The number of nitrogens with zero attached hydrogens (tertiary/aromatic N) is 2. The van der Waals surface area contributed by atoms with Gasteiger partial charge >= 0.3 is 11.9 Å². The maximum atomic E-state index is 12.0. The summed E-state index contributed by atoms with van der Waals surface area (Å²) in [6.45, 7) is 1.76. The Bertz CT molecular complexity index is 809. The molecule has 0 bridgehead atoms. The van der Waals surface area contributed by atoms with Crippen LogP contribution in [-0.2, 0) is 25.7 Å². The highest BCUT2D eigenvalue weighted by Crippen LogP contribution is 2.39. The topological polar surface area (TPSA) is 118 Å². The number of carbonyl (C=O) groups is 3. The molecule has 2 aliphatic rings. The molecule has 1 saturated heterocycles. The predicted molar refractivity (Wildman–Crippen MR) is 90.4 cm³/mol. The van der Waals surface area contributed by atoms with Crippen LogP contribution in [0.5, 0.6) is 5.75 Å². The van der Waals surface area contributed by atoms with E-state index in [0.29, 0.717) is 28.0 Å². The summed E-state index contributed by atoms with van der Waals surface area (Å²) in [4.78, 5) is 39.7. The van der Waals surface area contributed by atoms with Crippen LogP contribution in [0.3, 0.4) is 0 Å². The first-order valence-corrected chi connectivity index (χ1v) is 8.20. The van der Waals surface area contributed by atoms with Gasteiger partial charge in [-0.3, -0.25) is 19.7 Å². The van der Waals surface area contributed by atoms with Crippen molar-refractivity contribution in [3.05, 3.63) is 22.7 Å². The van der Waals surface area contributed by atoms with E-state index >= 15 is 0 Å². The van der Waals surface area contributed by atoms with Crippen LogP contribution < -0.4 is 10.1 Å². The van der Waals surface area contributed by atoms with Gasteiger partial charge < -0.3 is 19.5 Å². The second-order valence-corrected chi connectivity index (χ2v) is 6.11. The first kappa shape index (κ1) is 18.0. The molecule has 0 radical (unpaired) electrons. The Hall–Kier alpha value is -2.81. The van der Waals surface area contributed by atoms with E-state index in [1.807, 2.05) is 0 Å². The molecular weight excluding hydrogens is 366 g/mol. The summed E-state index contributed by atoms with van der Waals surface area (Å²) in [7, 11) is 0. The van der Waals surface area contributed by atoms with Crippen molar-refractivity contribution in [2.45, 2.75) is 25.9 Å². The van der Waals surface area contributed by atoms with E-state index in [1.165, 1.54) is 6.92 Å². The van der Waals surface area contributed by atoms with Gasteiger partial charge in [-0.25, -0.2) is 4.99 Å². The summed E-state index contributed by atoms with van der Waals surface area (Å²) < 4.78 is 10.3. The molecule has 1 unspecified atom stereocenters. The van der Waals surface area contributed by atoms with Gasteiger partial charge in [0.1, 0.15) is 25.0 Å². The summed E-state index contributed by atoms with van der Waals surface area (Å²) in [5.41, 5.74) is 1.21. The predicted octanol–water partition coefficient (Wildman–Crippen LogP) is 1.06. The zero-order chi connectivity index (χ0) is 18.8. The molecule has 0 aliphatic carbocycles. The van der Waals surface area contributed by atoms with Gasteiger partial charge in [-0.05, 0) is 12.1 Å². The molecule has 2 heterocycles. The Morgan fingerprint density at radius 3 is 2.88 bits per heavy atom. The van der Waals surface area contributed by atoms with E-state index in [9.17, 15) is 14.4 Å². The van der Waals surface area contributed by atoms with Gasteiger partial charge in [-0.1, -0.05) is 11.6 Å². The van der Waals surface area contributed by atoms with Crippen molar-refractivity contribution in [1.29, 1.82) is 0 Å². The lowest BCUT2D eigenvalue weighted by molar-refractivity contribution is -0.141. The number of benzene rings is 1. The summed E-state index contributed by atoms with van der Waals surface area (Å²) in [5.74, 6) is -1.18. The number of esters is 1. The first-order chi connectivity index (χ1) is 12.4. The Balaban J connectivity index is 1.78. The molecule has 138 valence electrons. The monoisotopic (exact) mass is 381 g/mol. The molecule has 9 nitrogen and oxygen atoms in total. The van der Waals surface area contributed by atoms with Crippen LogP contribution in [0.2, 0.25) is 5.02 Å². The molecule has 0 spiro atoms. The summed E-state index contributed by atoms with van der Waals surface area (Å²) in [6, 6.07) is 2.49. The number of amides is 1. The van der Waals surface area contributed by atoms with Crippen LogP contribution in [0.4, 0.5) is 5.69 Å². The summed E-state index contributed by atoms with van der Waals surface area (Å²) in [5, 5.41) is 11.9. The van der Waals surface area contributed by atoms with Crippen molar-refractivity contribution in [3.8, 4) is 5.75 Å². The zero-order valence-electron chi connectivity index (χ0n) is 13.8. The third kappa shape index (κ3) is 3.57. The lowest BCUT2D eigenvalue weighted by atomic mass is 10.1. The van der Waals surface area contributed by atoms with E-state index in [0.717, 1.165) is 0 Å². The number of fused-ring (bicyclic) bond motifs is 2. The van der Waals surface area contributed by atoms with Crippen LogP contribution in [0.15, 0.2) is 17.1 Å². The van der Waals surface area contributed by atoms with Crippen molar-refractivity contribution in [3.63, 3.8) is 0 Å². The molecule has 0 aromatic heterocycles. The number of hydrogen-bond acceptors (Lipinski definition) is 7. The van der Waals surface area contributed by atoms with Gasteiger partial charge in [0, 0.05) is 12.5 Å². The van der Waals surface area contributed by atoms with Crippen LogP contribution in [0, 0.1) is 0 Å². The van der Waals surface area contributed by atoms with Gasteiger partial charge in [-0.2, -0.15) is 0 Å². The van der Waals surface area contributed by atoms with E-state index < -0.39 is 23.9 Å². The van der Waals surface area contributed by atoms with Gasteiger partial charge in [0.15, 0.2) is 0 Å². The van der Waals surface area contributed by atoms with Crippen LogP contribution in [0.25, 0.3) is 0 Å². The number of carboxylic acid groups (broad SMARTS) is 1. The molecule has 0 saturated carbocycles. The van der Waals surface area contributed by atoms with Crippen LogP contribution in [-0.4, -0.2) is 53.1 Å². The fraction of sp³-hybridized carbons (Fsp3) is 0.375.